The molecule has 1 aromatic carbocycles. The normalized spacial score (nSPS) is 13.8. The Bertz CT molecular complexity index is 357. The van der Waals surface area contributed by atoms with Crippen molar-refractivity contribution < 1.29 is 18.1 Å². The monoisotopic (exact) mass is 174 g/mol. The van der Waals surface area contributed by atoms with Gasteiger partial charge in [0.2, 0.25) is 5.75 Å². The van der Waals surface area contributed by atoms with Crippen molar-refractivity contribution in [2.45, 2.75) is 6.50 Å². The van der Waals surface area contributed by atoms with Crippen molar-refractivity contribution in [1.29, 1.82) is 0 Å². The lowest BCUT2D eigenvalue weighted by molar-refractivity contribution is 0.364. The molecule has 0 saturated heterocycles. The number of aromatic hydroxyl groups is 3. The molecule has 0 aliphatic rings. The zero-order valence-electron chi connectivity index (χ0n) is 8.07. The van der Waals surface area contributed by atoms with Gasteiger partial charge < -0.3 is 15.3 Å². The van der Waals surface area contributed by atoms with Crippen LogP contribution in [0.1, 0.15) is 8.30 Å². The first-order chi connectivity index (χ1) is 6.40. The molecule has 12 heavy (non-hydrogen) atoms. The fourth-order valence-corrected chi connectivity index (χ4v) is 0.748. The Hall–Kier alpha value is -1.46. The third-order valence-electron chi connectivity index (χ3n) is 1.34. The maximum atomic E-state index is 9.30. The maximum Gasteiger partial charge on any atom is 0.200 e. The van der Waals surface area contributed by atoms with E-state index < -0.39 is 23.7 Å². The molecule has 66 valence electrons. The molecule has 0 saturated carbocycles. The highest BCUT2D eigenvalue weighted by Gasteiger charge is 2.09. The first-order valence-electron chi connectivity index (χ1n) is 4.12. The quantitative estimate of drug-likeness (QED) is 0.184. The molecule has 0 aliphatic carbocycles. The highest BCUT2D eigenvalue weighted by molar-refractivity contribution is 5.52. The van der Waals surface area contributed by atoms with Crippen LogP contribution in [0.3, 0.4) is 0 Å². The minimum Gasteiger partial charge on any atom is -0.504 e. The molecule has 0 heterocycles. The van der Waals surface area contributed by atoms with E-state index in [0.29, 0.717) is 0 Å². The minimum absolute atomic E-state index is 0.254. The van der Waals surface area contributed by atoms with Gasteiger partial charge in [0.25, 0.3) is 0 Å². The molecule has 6 N–H and O–H groups in total. The summed E-state index contributed by atoms with van der Waals surface area (Å²) < 4.78 is 14.6. The SMILES string of the molecule is [2H]C([2H])([15NH][15NH2])c1ccc(O)c(O)c1O. The first kappa shape index (κ1) is 6.10. The van der Waals surface area contributed by atoms with E-state index >= 15 is 0 Å². The lowest BCUT2D eigenvalue weighted by Crippen LogP contribution is -2.20. The number of nitrogens with two attached hydrogens (primary N) is 1. The smallest absolute Gasteiger partial charge is 0.200 e. The van der Waals surface area contributed by atoms with Gasteiger partial charge in [-0.15, -0.1) is 0 Å². The molecule has 5 nitrogen and oxygen atoms in total. The van der Waals surface area contributed by atoms with E-state index in [2.05, 4.69) is 0 Å². The van der Waals surface area contributed by atoms with E-state index in [4.69, 9.17) is 18.8 Å². The molecule has 0 atom stereocenters. The standard InChI is InChI=1S/C7H10N2O3/c8-9-3-4-1-2-5(10)7(12)6(4)11/h1-2,9-12H,3,8H2/i3D2,8+1,9+1. The summed E-state index contributed by atoms with van der Waals surface area (Å²) >= 11 is 0. The Morgan fingerprint density at radius 1 is 1.33 bits per heavy atom. The molecule has 1 rings (SSSR count). The fraction of sp³-hybridized carbons (Fsp3) is 0.143. The lowest BCUT2D eigenvalue weighted by atomic mass is 10.2. The number of hydrogen-bond acceptors (Lipinski definition) is 5. The van der Waals surface area contributed by atoms with Crippen LogP contribution in [0, 0.1) is 0 Å². The third kappa shape index (κ3) is 1.41. The average molecular weight is 174 g/mol. The van der Waals surface area contributed by atoms with E-state index in [0.717, 1.165) is 12.1 Å². The molecule has 0 bridgehead atoms. The van der Waals surface area contributed by atoms with Crippen LogP contribution in [0.2, 0.25) is 0 Å². The Balaban J connectivity index is 3.31. The van der Waals surface area contributed by atoms with Crippen LogP contribution in [0.4, 0.5) is 0 Å². The summed E-state index contributed by atoms with van der Waals surface area (Å²) in [6.45, 7) is -2.19. The van der Waals surface area contributed by atoms with Crippen LogP contribution in [-0.4, -0.2) is 15.3 Å². The van der Waals surface area contributed by atoms with Crippen LogP contribution < -0.4 is 11.3 Å². The van der Waals surface area contributed by atoms with E-state index in [1.807, 2.05) is 5.43 Å². The second kappa shape index (κ2) is 3.29. The Kier molecular flexibility index (Phi) is 1.67. The fourth-order valence-electron chi connectivity index (χ4n) is 0.748. The third-order valence-corrected chi connectivity index (χ3v) is 1.34. The Morgan fingerprint density at radius 2 is 2.00 bits per heavy atom. The Morgan fingerprint density at radius 3 is 2.58 bits per heavy atom. The first-order valence-corrected chi connectivity index (χ1v) is 3.12. The number of hydrogen-bond donors (Lipinski definition) is 5. The molecular weight excluding hydrogens is 162 g/mol. The van der Waals surface area contributed by atoms with Gasteiger partial charge in [0.1, 0.15) is 0 Å². The summed E-state index contributed by atoms with van der Waals surface area (Å²) in [5, 5.41) is 27.4. The lowest BCUT2D eigenvalue weighted by Gasteiger charge is -2.05. The molecule has 0 radical (unpaired) electrons. The van der Waals surface area contributed by atoms with Gasteiger partial charge >= 0.3 is 0 Å². The number of phenols is 3. The van der Waals surface area contributed by atoms with Crippen LogP contribution in [-0.2, 0) is 6.50 Å². The molecule has 5 heteroatoms. The van der Waals surface area contributed by atoms with Gasteiger partial charge in [-0.05, 0) is 6.07 Å². The van der Waals surface area contributed by atoms with Crippen molar-refractivity contribution in [3.05, 3.63) is 17.7 Å². The van der Waals surface area contributed by atoms with Crippen molar-refractivity contribution in [2.75, 3.05) is 0 Å². The van der Waals surface area contributed by atoms with Crippen LogP contribution >= 0.6 is 0 Å². The summed E-state index contributed by atoms with van der Waals surface area (Å²) in [7, 11) is 0. The molecule has 0 spiro atoms. The van der Waals surface area contributed by atoms with Crippen LogP contribution in [0.15, 0.2) is 12.1 Å². The van der Waals surface area contributed by atoms with Crippen LogP contribution in [0.25, 0.3) is 0 Å². The minimum atomic E-state index is -2.19. The van der Waals surface area contributed by atoms with Gasteiger partial charge in [-0.3, -0.25) is 11.3 Å². The summed E-state index contributed by atoms with van der Waals surface area (Å²) in [6.07, 6.45) is 0. The molecular formula is C7H10N2O3. The number of phenolic OH excluding ortho intramolecular Hbond substituents is 3. The maximum absolute atomic E-state index is 9.30. The summed E-state index contributed by atoms with van der Waals surface area (Å²) in [5.41, 5.74) is 1.57. The highest BCUT2D eigenvalue weighted by Crippen LogP contribution is 2.36. The molecule has 1 aromatic rings. The number of hydrazine groups is 1. The zero-order chi connectivity index (χ0) is 10.9. The van der Waals surface area contributed by atoms with Gasteiger partial charge in [0.15, 0.2) is 11.5 Å². The highest BCUT2D eigenvalue weighted by atomic mass is 16.3. The predicted molar refractivity (Wildman–Crippen MR) is 42.5 cm³/mol. The van der Waals surface area contributed by atoms with Crippen molar-refractivity contribution >= 4 is 0 Å². The summed E-state index contributed by atoms with van der Waals surface area (Å²) in [5.74, 6) is 2.87. The topological polar surface area (TPSA) is 98.7 Å². The molecule has 0 fully saturated rings. The van der Waals surface area contributed by atoms with Gasteiger partial charge in [-0.1, -0.05) is 6.07 Å². The van der Waals surface area contributed by atoms with E-state index in [1.165, 1.54) is 0 Å². The van der Waals surface area contributed by atoms with Gasteiger partial charge in [0.05, 0.1) is 0 Å². The van der Waals surface area contributed by atoms with Gasteiger partial charge in [0, 0.05) is 14.8 Å². The summed E-state index contributed by atoms with van der Waals surface area (Å²) in [6, 6.07) is 2.17. The van der Waals surface area contributed by atoms with Gasteiger partial charge in [-0.2, -0.15) is 0 Å². The van der Waals surface area contributed by atoms with E-state index in [-0.39, 0.29) is 5.56 Å². The van der Waals surface area contributed by atoms with Crippen molar-refractivity contribution in [3.8, 4) is 17.2 Å². The van der Waals surface area contributed by atoms with E-state index in [9.17, 15) is 5.11 Å². The largest absolute Gasteiger partial charge is 0.504 e. The van der Waals surface area contributed by atoms with Crippen molar-refractivity contribution in [3.63, 3.8) is 0 Å². The average Bonchev–Trinajstić information content (AvgIpc) is 2.14. The van der Waals surface area contributed by atoms with E-state index in [1.54, 1.807) is 0 Å². The molecule has 0 aliphatic heterocycles. The molecule has 0 aromatic heterocycles. The zero-order valence-corrected chi connectivity index (χ0v) is 6.07. The molecule has 0 unspecified atom stereocenters. The second-order valence-electron chi connectivity index (χ2n) is 2.10. The second-order valence-corrected chi connectivity index (χ2v) is 2.10. The Labute approximate surface area is 71.8 Å². The number of nitrogens with one attached hydrogen (secondary N) is 1. The number of rotatable bonds is 2. The van der Waals surface area contributed by atoms with Crippen LogP contribution in [0.5, 0.6) is 17.2 Å². The molecule has 0 amide bonds. The number of benzene rings is 1. The summed E-state index contributed by atoms with van der Waals surface area (Å²) in [4.78, 5) is 0. The van der Waals surface area contributed by atoms with Crippen molar-refractivity contribution in [2.24, 2.45) is 5.84 Å². The predicted octanol–water partition coefficient (Wildman–Crippen LogP) is -0.233. The van der Waals surface area contributed by atoms with Gasteiger partial charge in [-0.25, -0.2) is 0 Å². The van der Waals surface area contributed by atoms with Crippen molar-refractivity contribution in [1.82, 2.24) is 5.43 Å².